The van der Waals surface area contributed by atoms with Gasteiger partial charge in [0.2, 0.25) is 0 Å². The van der Waals surface area contributed by atoms with E-state index in [1.807, 2.05) is 51.4 Å². The molecule has 2 N–H and O–H groups in total. The maximum Gasteiger partial charge on any atom is 0.295 e. The van der Waals surface area contributed by atoms with E-state index in [2.05, 4.69) is 0 Å². The summed E-state index contributed by atoms with van der Waals surface area (Å²) < 4.78 is 5.28. The van der Waals surface area contributed by atoms with Crippen LogP contribution in [-0.4, -0.2) is 56.0 Å². The summed E-state index contributed by atoms with van der Waals surface area (Å²) in [5, 5.41) is 11.1. The fourth-order valence-electron chi connectivity index (χ4n) is 3.62. The molecular formula is C23H27N2O4+. The van der Waals surface area contributed by atoms with Gasteiger partial charge < -0.3 is 19.6 Å². The molecular weight excluding hydrogens is 368 g/mol. The number of aliphatic hydroxyl groups is 1. The molecule has 2 aromatic rings. The number of carbonyl (C=O) groups excluding carboxylic acids is 2. The van der Waals surface area contributed by atoms with Gasteiger partial charge in [-0.3, -0.25) is 9.59 Å². The molecule has 1 amide bonds. The molecule has 6 heteroatoms. The number of benzene rings is 2. The molecule has 1 fully saturated rings. The number of likely N-dealkylation sites (N-methyl/N-ethyl adjacent to an activating group) is 1. The smallest absolute Gasteiger partial charge is 0.295 e. The van der Waals surface area contributed by atoms with Gasteiger partial charge in [0.15, 0.2) is 0 Å². The van der Waals surface area contributed by atoms with Crippen LogP contribution < -0.4 is 9.64 Å². The first kappa shape index (κ1) is 20.6. The fourth-order valence-corrected chi connectivity index (χ4v) is 3.62. The second kappa shape index (κ2) is 8.49. The van der Waals surface area contributed by atoms with Crippen LogP contribution in [-0.2, 0) is 9.59 Å². The Morgan fingerprint density at radius 3 is 2.41 bits per heavy atom. The van der Waals surface area contributed by atoms with Crippen LogP contribution in [0.4, 0.5) is 0 Å². The van der Waals surface area contributed by atoms with Crippen molar-refractivity contribution in [2.45, 2.75) is 13.0 Å². The van der Waals surface area contributed by atoms with E-state index in [9.17, 15) is 14.7 Å². The van der Waals surface area contributed by atoms with E-state index in [1.165, 1.54) is 4.90 Å². The minimum atomic E-state index is -0.654. The first-order valence-electron chi connectivity index (χ1n) is 9.62. The van der Waals surface area contributed by atoms with E-state index in [0.717, 1.165) is 11.1 Å². The van der Waals surface area contributed by atoms with E-state index in [0.29, 0.717) is 24.4 Å². The largest absolute Gasteiger partial charge is 0.507 e. The zero-order chi connectivity index (χ0) is 21.1. The van der Waals surface area contributed by atoms with Crippen LogP contribution >= 0.6 is 0 Å². The van der Waals surface area contributed by atoms with Gasteiger partial charge in [-0.1, -0.05) is 30.3 Å². The number of nitrogens with one attached hydrogen (secondary N) is 1. The molecule has 1 heterocycles. The Bertz CT molecular complexity index is 951. The maximum absolute atomic E-state index is 12.9. The van der Waals surface area contributed by atoms with Gasteiger partial charge in [0, 0.05) is 5.56 Å². The highest BCUT2D eigenvalue weighted by Gasteiger charge is 2.46. The number of likely N-dealkylation sites (tertiary alicyclic amines) is 1. The van der Waals surface area contributed by atoms with Gasteiger partial charge in [-0.2, -0.15) is 0 Å². The summed E-state index contributed by atoms with van der Waals surface area (Å²) in [5.41, 5.74) is 2.24. The number of quaternary nitrogens is 1. The third-order valence-corrected chi connectivity index (χ3v) is 5.18. The SMILES string of the molecule is COc1ccc(/C(O)=C2\C(=O)C(=O)N(CC[NH+](C)C)[C@H]2c2ccccc2)cc1C. The second-order valence-corrected chi connectivity index (χ2v) is 7.54. The van der Waals surface area contributed by atoms with Crippen LogP contribution in [0.3, 0.4) is 0 Å². The van der Waals surface area contributed by atoms with Crippen molar-refractivity contribution in [3.63, 3.8) is 0 Å². The molecule has 2 aromatic carbocycles. The topological polar surface area (TPSA) is 71.3 Å². The number of rotatable bonds is 6. The van der Waals surface area contributed by atoms with Gasteiger partial charge in [0.25, 0.3) is 11.7 Å². The molecule has 0 aromatic heterocycles. The van der Waals surface area contributed by atoms with Gasteiger partial charge in [-0.25, -0.2) is 0 Å². The molecule has 0 radical (unpaired) electrons. The van der Waals surface area contributed by atoms with Gasteiger partial charge in [0.1, 0.15) is 11.5 Å². The van der Waals surface area contributed by atoms with Gasteiger partial charge >= 0.3 is 0 Å². The summed E-state index contributed by atoms with van der Waals surface area (Å²) >= 11 is 0. The summed E-state index contributed by atoms with van der Waals surface area (Å²) in [6.07, 6.45) is 0. The molecule has 6 nitrogen and oxygen atoms in total. The number of methoxy groups -OCH3 is 1. The molecule has 0 spiro atoms. The van der Waals surface area contributed by atoms with Crippen molar-refractivity contribution in [2.75, 3.05) is 34.3 Å². The highest BCUT2D eigenvalue weighted by atomic mass is 16.5. The maximum atomic E-state index is 12.9. The van der Waals surface area contributed by atoms with Crippen molar-refractivity contribution in [3.05, 3.63) is 70.8 Å². The molecule has 0 unspecified atom stereocenters. The first-order valence-corrected chi connectivity index (χ1v) is 9.62. The van der Waals surface area contributed by atoms with Crippen LogP contribution in [0.2, 0.25) is 0 Å². The van der Waals surface area contributed by atoms with E-state index in [-0.39, 0.29) is 11.3 Å². The van der Waals surface area contributed by atoms with Gasteiger partial charge in [0.05, 0.1) is 45.9 Å². The summed E-state index contributed by atoms with van der Waals surface area (Å²) in [4.78, 5) is 28.5. The molecule has 0 aliphatic carbocycles. The highest BCUT2D eigenvalue weighted by Crippen LogP contribution is 2.39. The third-order valence-electron chi connectivity index (χ3n) is 5.18. The number of Topliss-reactive ketones (excluding diaryl/α,β-unsaturated/α-hetero) is 1. The number of hydrogen-bond donors (Lipinski definition) is 2. The molecule has 29 heavy (non-hydrogen) atoms. The van der Waals surface area contributed by atoms with Crippen LogP contribution in [0, 0.1) is 6.92 Å². The number of hydrogen-bond acceptors (Lipinski definition) is 4. The Balaban J connectivity index is 2.13. The lowest BCUT2D eigenvalue weighted by Crippen LogP contribution is -3.06. The van der Waals surface area contributed by atoms with Crippen LogP contribution in [0.25, 0.3) is 5.76 Å². The van der Waals surface area contributed by atoms with Crippen molar-refractivity contribution in [2.24, 2.45) is 0 Å². The van der Waals surface area contributed by atoms with E-state index in [4.69, 9.17) is 4.74 Å². The van der Waals surface area contributed by atoms with Crippen molar-refractivity contribution in [1.29, 1.82) is 0 Å². The summed E-state index contributed by atoms with van der Waals surface area (Å²) in [7, 11) is 5.57. The summed E-state index contributed by atoms with van der Waals surface area (Å²) in [6.45, 7) is 2.98. The van der Waals surface area contributed by atoms with E-state index >= 15 is 0 Å². The van der Waals surface area contributed by atoms with Crippen molar-refractivity contribution in [3.8, 4) is 5.75 Å². The fraction of sp³-hybridized carbons (Fsp3) is 0.304. The standard InChI is InChI=1S/C23H26N2O4/c1-15-14-17(10-11-18(15)29-4)21(26)19-20(16-8-6-5-7-9-16)25(13-12-24(2)3)23(28)22(19)27/h5-11,14,20,26H,12-13H2,1-4H3/p+1/b21-19+/t20-/m0/s1. The number of aryl methyl sites for hydroxylation is 1. The normalized spacial score (nSPS) is 18.5. The van der Waals surface area contributed by atoms with Crippen LogP contribution in [0.1, 0.15) is 22.7 Å². The minimum Gasteiger partial charge on any atom is -0.507 e. The van der Waals surface area contributed by atoms with Crippen molar-refractivity contribution >= 4 is 17.4 Å². The summed E-state index contributed by atoms with van der Waals surface area (Å²) in [6, 6.07) is 13.9. The number of carbonyl (C=O) groups is 2. The van der Waals surface area contributed by atoms with Gasteiger partial charge in [-0.15, -0.1) is 0 Å². The van der Waals surface area contributed by atoms with Crippen LogP contribution in [0.15, 0.2) is 54.1 Å². The predicted octanol–water partition coefficient (Wildman–Crippen LogP) is 1.57. The van der Waals surface area contributed by atoms with E-state index in [1.54, 1.807) is 30.2 Å². The minimum absolute atomic E-state index is 0.125. The Hall–Kier alpha value is -3.12. The number of amides is 1. The number of ether oxygens (including phenoxy) is 1. The zero-order valence-corrected chi connectivity index (χ0v) is 17.2. The molecule has 1 aliphatic rings. The molecule has 1 atom stereocenters. The Labute approximate surface area is 171 Å². The average Bonchev–Trinajstić information content (AvgIpc) is 2.97. The Morgan fingerprint density at radius 2 is 1.83 bits per heavy atom. The van der Waals surface area contributed by atoms with Crippen LogP contribution in [0.5, 0.6) is 5.75 Å². The van der Waals surface area contributed by atoms with Crippen molar-refractivity contribution < 1.29 is 24.3 Å². The van der Waals surface area contributed by atoms with E-state index < -0.39 is 17.7 Å². The first-order chi connectivity index (χ1) is 13.8. The molecule has 1 aliphatic heterocycles. The lowest BCUT2D eigenvalue weighted by molar-refractivity contribution is -0.857. The molecule has 3 rings (SSSR count). The summed E-state index contributed by atoms with van der Waals surface area (Å²) in [5.74, 6) is -0.705. The lowest BCUT2D eigenvalue weighted by atomic mass is 9.95. The number of aliphatic hydroxyl groups excluding tert-OH is 1. The quantitative estimate of drug-likeness (QED) is 0.443. The molecule has 0 bridgehead atoms. The number of ketones is 1. The second-order valence-electron chi connectivity index (χ2n) is 7.54. The lowest BCUT2D eigenvalue weighted by Gasteiger charge is -2.25. The third kappa shape index (κ3) is 4.03. The average molecular weight is 395 g/mol. The zero-order valence-electron chi connectivity index (χ0n) is 17.2. The Kier molecular flexibility index (Phi) is 6.03. The van der Waals surface area contributed by atoms with Gasteiger partial charge in [-0.05, 0) is 36.2 Å². The number of nitrogens with zero attached hydrogens (tertiary/aromatic N) is 1. The molecule has 1 saturated heterocycles. The molecule has 0 saturated carbocycles. The van der Waals surface area contributed by atoms with Crippen molar-refractivity contribution in [1.82, 2.24) is 4.90 Å². The predicted molar refractivity (Wildman–Crippen MR) is 111 cm³/mol. The molecule has 152 valence electrons. The highest BCUT2D eigenvalue weighted by molar-refractivity contribution is 6.46. The Morgan fingerprint density at radius 1 is 1.14 bits per heavy atom. The monoisotopic (exact) mass is 395 g/mol.